The third-order valence-corrected chi connectivity index (χ3v) is 6.15. The molecule has 0 aromatic rings. The minimum Gasteiger partial charge on any atom is -0.459 e. The molecular weight excluding hydrogens is 272 g/mol. The van der Waals surface area contributed by atoms with E-state index in [0.717, 1.165) is 12.8 Å². The predicted molar refractivity (Wildman–Crippen MR) is 93.8 cm³/mol. The van der Waals surface area contributed by atoms with E-state index in [0.29, 0.717) is 17.8 Å². The maximum atomic E-state index is 13.0. The Bertz CT molecular complexity index is 353. The standard InChI is InChI=1S/C20H38O2/c1-8-16(4)14-20(7,15(2)3)18(21)22-19(5,6)17-12-10-9-11-13-17/h15-17H,8-14H2,1-7H3. The number of carbonyl (C=O) groups excluding carboxylic acids is 1. The molecule has 130 valence electrons. The van der Waals surface area contributed by atoms with E-state index in [9.17, 15) is 4.79 Å². The lowest BCUT2D eigenvalue weighted by molar-refractivity contribution is -0.179. The molecule has 0 aromatic carbocycles. The Labute approximate surface area is 138 Å². The minimum atomic E-state index is -0.374. The molecule has 2 unspecified atom stereocenters. The lowest BCUT2D eigenvalue weighted by Crippen LogP contribution is -2.44. The van der Waals surface area contributed by atoms with Gasteiger partial charge in [0, 0.05) is 0 Å². The molecule has 1 aliphatic carbocycles. The van der Waals surface area contributed by atoms with E-state index >= 15 is 0 Å². The van der Waals surface area contributed by atoms with Gasteiger partial charge in [-0.25, -0.2) is 0 Å². The number of esters is 1. The largest absolute Gasteiger partial charge is 0.459 e. The van der Waals surface area contributed by atoms with Gasteiger partial charge in [-0.3, -0.25) is 4.79 Å². The number of carbonyl (C=O) groups is 1. The zero-order valence-electron chi connectivity index (χ0n) is 16.0. The van der Waals surface area contributed by atoms with Gasteiger partial charge in [-0.1, -0.05) is 53.4 Å². The molecule has 1 fully saturated rings. The van der Waals surface area contributed by atoms with Crippen molar-refractivity contribution < 1.29 is 9.53 Å². The number of ether oxygens (including phenoxy) is 1. The summed E-state index contributed by atoms with van der Waals surface area (Å²) >= 11 is 0. The van der Waals surface area contributed by atoms with Crippen molar-refractivity contribution in [1.29, 1.82) is 0 Å². The monoisotopic (exact) mass is 310 g/mol. The molecule has 0 aromatic heterocycles. The maximum absolute atomic E-state index is 13.0. The molecule has 1 rings (SSSR count). The quantitative estimate of drug-likeness (QED) is 0.540. The average molecular weight is 311 g/mol. The lowest BCUT2D eigenvalue weighted by atomic mass is 9.72. The second-order valence-electron chi connectivity index (χ2n) is 8.62. The van der Waals surface area contributed by atoms with Crippen molar-refractivity contribution in [3.8, 4) is 0 Å². The van der Waals surface area contributed by atoms with E-state index in [4.69, 9.17) is 4.74 Å². The molecule has 2 heteroatoms. The summed E-state index contributed by atoms with van der Waals surface area (Å²) in [6, 6.07) is 0. The van der Waals surface area contributed by atoms with Crippen LogP contribution in [0.25, 0.3) is 0 Å². The summed E-state index contributed by atoms with van der Waals surface area (Å²) < 4.78 is 6.11. The molecule has 0 saturated heterocycles. The third-order valence-electron chi connectivity index (χ3n) is 6.15. The molecule has 0 N–H and O–H groups in total. The third kappa shape index (κ3) is 4.73. The van der Waals surface area contributed by atoms with Crippen molar-refractivity contribution in [2.45, 2.75) is 99.0 Å². The van der Waals surface area contributed by atoms with Gasteiger partial charge in [0.2, 0.25) is 0 Å². The molecule has 22 heavy (non-hydrogen) atoms. The smallest absolute Gasteiger partial charge is 0.312 e. The van der Waals surface area contributed by atoms with Gasteiger partial charge in [-0.05, 0) is 57.8 Å². The Kier molecular flexibility index (Phi) is 6.95. The van der Waals surface area contributed by atoms with Crippen LogP contribution < -0.4 is 0 Å². The zero-order chi connectivity index (χ0) is 17.0. The van der Waals surface area contributed by atoms with E-state index in [1.54, 1.807) is 0 Å². The van der Waals surface area contributed by atoms with Gasteiger partial charge in [0.25, 0.3) is 0 Å². The normalized spacial score (nSPS) is 21.5. The highest BCUT2D eigenvalue weighted by molar-refractivity contribution is 5.77. The highest BCUT2D eigenvalue weighted by Gasteiger charge is 2.43. The minimum absolute atomic E-state index is 0.0124. The van der Waals surface area contributed by atoms with Crippen molar-refractivity contribution >= 4 is 5.97 Å². The average Bonchev–Trinajstić information content (AvgIpc) is 2.47. The summed E-state index contributed by atoms with van der Waals surface area (Å²) in [5, 5.41) is 0. The Balaban J connectivity index is 2.81. The topological polar surface area (TPSA) is 26.3 Å². The van der Waals surface area contributed by atoms with Crippen LogP contribution in [0.15, 0.2) is 0 Å². The van der Waals surface area contributed by atoms with Gasteiger partial charge < -0.3 is 4.74 Å². The van der Waals surface area contributed by atoms with Crippen molar-refractivity contribution in [2.75, 3.05) is 0 Å². The van der Waals surface area contributed by atoms with Crippen LogP contribution in [0.5, 0.6) is 0 Å². The highest BCUT2D eigenvalue weighted by atomic mass is 16.6. The Morgan fingerprint density at radius 2 is 1.64 bits per heavy atom. The van der Waals surface area contributed by atoms with Gasteiger partial charge in [0.15, 0.2) is 0 Å². The van der Waals surface area contributed by atoms with Crippen LogP contribution in [0.1, 0.15) is 93.4 Å². The molecule has 2 nitrogen and oxygen atoms in total. The van der Waals surface area contributed by atoms with Crippen LogP contribution in [0.4, 0.5) is 0 Å². The molecule has 0 radical (unpaired) electrons. The maximum Gasteiger partial charge on any atom is 0.312 e. The van der Waals surface area contributed by atoms with E-state index in [1.807, 2.05) is 0 Å². The molecule has 0 amide bonds. The van der Waals surface area contributed by atoms with Crippen LogP contribution in [-0.4, -0.2) is 11.6 Å². The fourth-order valence-corrected chi connectivity index (χ4v) is 3.66. The van der Waals surface area contributed by atoms with E-state index in [-0.39, 0.29) is 17.0 Å². The Morgan fingerprint density at radius 1 is 1.09 bits per heavy atom. The number of hydrogen-bond donors (Lipinski definition) is 0. The second-order valence-corrected chi connectivity index (χ2v) is 8.62. The van der Waals surface area contributed by atoms with Crippen LogP contribution in [0.2, 0.25) is 0 Å². The zero-order valence-corrected chi connectivity index (χ0v) is 16.0. The molecule has 1 saturated carbocycles. The molecule has 0 bridgehead atoms. The van der Waals surface area contributed by atoms with Crippen molar-refractivity contribution in [1.82, 2.24) is 0 Å². The summed E-state index contributed by atoms with van der Waals surface area (Å²) in [7, 11) is 0. The summed E-state index contributed by atoms with van der Waals surface area (Å²) in [5.41, 5.74) is -0.704. The van der Waals surface area contributed by atoms with Crippen LogP contribution >= 0.6 is 0 Å². The summed E-state index contributed by atoms with van der Waals surface area (Å²) in [6.07, 6.45) is 8.31. The summed E-state index contributed by atoms with van der Waals surface area (Å²) in [6.45, 7) is 15.1. The van der Waals surface area contributed by atoms with Crippen LogP contribution in [-0.2, 0) is 9.53 Å². The predicted octanol–water partition coefficient (Wildman–Crippen LogP) is 5.99. The van der Waals surface area contributed by atoms with Gasteiger partial charge >= 0.3 is 5.97 Å². The molecule has 0 heterocycles. The number of hydrogen-bond acceptors (Lipinski definition) is 2. The Morgan fingerprint density at radius 3 is 2.09 bits per heavy atom. The SMILES string of the molecule is CCC(C)CC(C)(C(=O)OC(C)(C)C1CCCCC1)C(C)C. The molecular formula is C20H38O2. The molecule has 1 aliphatic rings. The van der Waals surface area contributed by atoms with E-state index < -0.39 is 0 Å². The number of rotatable bonds is 7. The summed E-state index contributed by atoms with van der Waals surface area (Å²) in [4.78, 5) is 13.0. The molecule has 0 spiro atoms. The lowest BCUT2D eigenvalue weighted by Gasteiger charge is -2.41. The Hall–Kier alpha value is -0.530. The molecule has 2 atom stereocenters. The van der Waals surface area contributed by atoms with Crippen LogP contribution in [0, 0.1) is 23.2 Å². The van der Waals surface area contributed by atoms with E-state index in [2.05, 4.69) is 48.5 Å². The summed E-state index contributed by atoms with van der Waals surface area (Å²) in [5.74, 6) is 1.39. The first-order valence-electron chi connectivity index (χ1n) is 9.37. The first-order chi connectivity index (χ1) is 10.1. The van der Waals surface area contributed by atoms with Crippen LogP contribution in [0.3, 0.4) is 0 Å². The van der Waals surface area contributed by atoms with Gasteiger partial charge in [-0.15, -0.1) is 0 Å². The van der Waals surface area contributed by atoms with Gasteiger partial charge in [-0.2, -0.15) is 0 Å². The van der Waals surface area contributed by atoms with Crippen molar-refractivity contribution in [3.05, 3.63) is 0 Å². The first kappa shape index (κ1) is 19.5. The first-order valence-corrected chi connectivity index (χ1v) is 9.37. The van der Waals surface area contributed by atoms with Crippen molar-refractivity contribution in [3.63, 3.8) is 0 Å². The molecule has 0 aliphatic heterocycles. The van der Waals surface area contributed by atoms with Crippen molar-refractivity contribution in [2.24, 2.45) is 23.2 Å². The highest BCUT2D eigenvalue weighted by Crippen LogP contribution is 2.40. The fourth-order valence-electron chi connectivity index (χ4n) is 3.66. The second kappa shape index (κ2) is 7.84. The fraction of sp³-hybridized carbons (Fsp3) is 0.950. The van der Waals surface area contributed by atoms with E-state index in [1.165, 1.54) is 32.1 Å². The van der Waals surface area contributed by atoms with Gasteiger partial charge in [0.1, 0.15) is 5.60 Å². The van der Waals surface area contributed by atoms with Gasteiger partial charge in [0.05, 0.1) is 5.41 Å².